The molecule has 5 nitrogen and oxygen atoms in total. The molecular formula is C23H26N2O3S. The van der Waals surface area contributed by atoms with E-state index >= 15 is 0 Å². The number of nitrogens with zero attached hydrogens (tertiary/aromatic N) is 2. The van der Waals surface area contributed by atoms with Crippen LogP contribution in [0.1, 0.15) is 70.1 Å². The molecule has 0 bridgehead atoms. The van der Waals surface area contributed by atoms with Crippen LogP contribution in [0, 0.1) is 13.8 Å². The van der Waals surface area contributed by atoms with E-state index in [1.807, 2.05) is 31.2 Å². The highest BCUT2D eigenvalue weighted by Crippen LogP contribution is 2.44. The molecule has 0 saturated heterocycles. The molecule has 1 aliphatic heterocycles. The number of rotatable bonds is 5. The first-order valence-electron chi connectivity index (χ1n) is 10.3. The summed E-state index contributed by atoms with van der Waals surface area (Å²) in [5.41, 5.74) is 2.90. The van der Waals surface area contributed by atoms with Gasteiger partial charge < -0.3 is 10.0 Å². The lowest BCUT2D eigenvalue weighted by Crippen LogP contribution is -2.38. The first kappa shape index (κ1) is 19.8. The van der Waals surface area contributed by atoms with E-state index in [1.165, 1.54) is 16.9 Å². The van der Waals surface area contributed by atoms with Crippen LogP contribution in [-0.4, -0.2) is 32.7 Å². The van der Waals surface area contributed by atoms with Crippen LogP contribution in [-0.2, 0) is 11.2 Å². The van der Waals surface area contributed by atoms with E-state index in [1.54, 1.807) is 11.8 Å². The predicted molar refractivity (Wildman–Crippen MR) is 113 cm³/mol. The van der Waals surface area contributed by atoms with Crippen LogP contribution in [0.4, 0.5) is 0 Å². The number of hydrogen-bond acceptors (Lipinski definition) is 5. The molecule has 1 N–H and O–H groups in total. The highest BCUT2D eigenvalue weighted by molar-refractivity contribution is 7.14. The molecular weight excluding hydrogens is 384 g/mol. The van der Waals surface area contributed by atoms with Gasteiger partial charge in [0.05, 0.1) is 27.2 Å². The Labute approximate surface area is 175 Å². The second-order valence-electron chi connectivity index (χ2n) is 7.89. The van der Waals surface area contributed by atoms with Crippen molar-refractivity contribution in [2.75, 3.05) is 0 Å². The number of benzene rings is 1. The van der Waals surface area contributed by atoms with Gasteiger partial charge in [-0.25, -0.2) is 4.98 Å². The van der Waals surface area contributed by atoms with Crippen molar-refractivity contribution >= 4 is 23.0 Å². The molecule has 2 heterocycles. The van der Waals surface area contributed by atoms with Gasteiger partial charge in [-0.1, -0.05) is 44.0 Å². The largest absolute Gasteiger partial charge is 0.503 e. The number of amides is 1. The minimum absolute atomic E-state index is 0.0510. The zero-order chi connectivity index (χ0) is 20.7. The van der Waals surface area contributed by atoms with Crippen molar-refractivity contribution in [2.24, 2.45) is 0 Å². The number of aliphatic hydroxyl groups is 1. The van der Waals surface area contributed by atoms with Crippen molar-refractivity contribution in [3.63, 3.8) is 0 Å². The Morgan fingerprint density at radius 1 is 1.21 bits per heavy atom. The van der Waals surface area contributed by atoms with Gasteiger partial charge in [-0.3, -0.25) is 9.59 Å². The molecule has 2 aromatic rings. The van der Waals surface area contributed by atoms with Gasteiger partial charge in [0.25, 0.3) is 5.91 Å². The highest BCUT2D eigenvalue weighted by atomic mass is 32.1. The molecule has 1 amide bonds. The van der Waals surface area contributed by atoms with Crippen molar-refractivity contribution in [1.29, 1.82) is 0 Å². The van der Waals surface area contributed by atoms with E-state index in [4.69, 9.17) is 0 Å². The highest BCUT2D eigenvalue weighted by Gasteiger charge is 2.47. The summed E-state index contributed by atoms with van der Waals surface area (Å²) in [6.45, 7) is 5.74. The Hall–Kier alpha value is -2.47. The summed E-state index contributed by atoms with van der Waals surface area (Å²) in [6.07, 6.45) is 4.86. The molecule has 1 aromatic heterocycles. The van der Waals surface area contributed by atoms with Gasteiger partial charge >= 0.3 is 0 Å². The normalized spacial score (nSPS) is 20.2. The fourth-order valence-electron chi connectivity index (χ4n) is 4.54. The molecule has 6 heteroatoms. The van der Waals surface area contributed by atoms with Gasteiger partial charge in [0.2, 0.25) is 5.78 Å². The molecule has 1 aromatic carbocycles. The lowest BCUT2D eigenvalue weighted by atomic mass is 9.93. The SMILES string of the molecule is CCc1ccc(C2C(C(=O)c3sc(C)nc3C)=C(O)C(=O)N2C2CCCC2)cc1. The van der Waals surface area contributed by atoms with Gasteiger partial charge in [-0.2, -0.15) is 0 Å². The Bertz CT molecular complexity index is 984. The number of aryl methyl sites for hydroxylation is 3. The molecule has 4 rings (SSSR count). The maximum absolute atomic E-state index is 13.5. The fourth-order valence-corrected chi connectivity index (χ4v) is 5.42. The lowest BCUT2D eigenvalue weighted by Gasteiger charge is -2.32. The summed E-state index contributed by atoms with van der Waals surface area (Å²) in [7, 11) is 0. The summed E-state index contributed by atoms with van der Waals surface area (Å²) >= 11 is 1.31. The number of carbonyl (C=O) groups excluding carboxylic acids is 2. The minimum atomic E-state index is -0.550. The summed E-state index contributed by atoms with van der Waals surface area (Å²) < 4.78 is 0. The van der Waals surface area contributed by atoms with E-state index in [-0.39, 0.29) is 17.4 Å². The summed E-state index contributed by atoms with van der Waals surface area (Å²) in [5, 5.41) is 11.6. The summed E-state index contributed by atoms with van der Waals surface area (Å²) in [4.78, 5) is 33.2. The molecule has 0 radical (unpaired) electrons. The molecule has 2 aliphatic rings. The molecule has 1 fully saturated rings. The number of aliphatic hydroxyl groups excluding tert-OH is 1. The van der Waals surface area contributed by atoms with Crippen molar-refractivity contribution < 1.29 is 14.7 Å². The second kappa shape index (κ2) is 7.75. The Balaban J connectivity index is 1.82. The maximum Gasteiger partial charge on any atom is 0.290 e. The Kier molecular flexibility index (Phi) is 5.30. The molecule has 29 heavy (non-hydrogen) atoms. The first-order valence-corrected chi connectivity index (χ1v) is 11.1. The summed E-state index contributed by atoms with van der Waals surface area (Å²) in [5.74, 6) is -1.12. The third kappa shape index (κ3) is 3.39. The lowest BCUT2D eigenvalue weighted by molar-refractivity contribution is -0.131. The summed E-state index contributed by atoms with van der Waals surface area (Å²) in [6, 6.07) is 7.53. The molecule has 0 spiro atoms. The number of aromatic nitrogens is 1. The average Bonchev–Trinajstić information content (AvgIpc) is 3.41. The van der Waals surface area contributed by atoms with Crippen molar-refractivity contribution in [1.82, 2.24) is 9.88 Å². The van der Waals surface area contributed by atoms with Gasteiger partial charge in [0.15, 0.2) is 5.76 Å². The smallest absolute Gasteiger partial charge is 0.290 e. The number of thiazole rings is 1. The Morgan fingerprint density at radius 2 is 1.86 bits per heavy atom. The Morgan fingerprint density at radius 3 is 2.41 bits per heavy atom. The maximum atomic E-state index is 13.5. The van der Waals surface area contributed by atoms with Crippen LogP contribution in [0.25, 0.3) is 0 Å². The van der Waals surface area contributed by atoms with Crippen LogP contribution < -0.4 is 0 Å². The van der Waals surface area contributed by atoms with Crippen LogP contribution in [0.5, 0.6) is 0 Å². The molecule has 152 valence electrons. The van der Waals surface area contributed by atoms with Gasteiger partial charge in [0.1, 0.15) is 0 Å². The number of Topliss-reactive ketones (excluding diaryl/α,β-unsaturated/α-hetero) is 1. The molecule has 1 saturated carbocycles. The standard InChI is InChI=1S/C23H26N2O3S/c1-4-15-9-11-16(12-10-15)19-18(20(26)22-13(2)24-14(3)29-22)21(27)23(28)25(19)17-7-5-6-8-17/h9-12,17,19,27H,4-8H2,1-3H3. The van der Waals surface area contributed by atoms with Gasteiger partial charge in [0, 0.05) is 6.04 Å². The van der Waals surface area contributed by atoms with Crippen molar-refractivity contribution in [3.05, 3.63) is 62.3 Å². The van der Waals surface area contributed by atoms with E-state index in [0.29, 0.717) is 10.6 Å². The van der Waals surface area contributed by atoms with E-state index in [0.717, 1.165) is 42.7 Å². The number of hydrogen-bond donors (Lipinski definition) is 1. The topological polar surface area (TPSA) is 70.5 Å². The van der Waals surface area contributed by atoms with Crippen molar-refractivity contribution in [3.8, 4) is 0 Å². The zero-order valence-electron chi connectivity index (χ0n) is 17.1. The minimum Gasteiger partial charge on any atom is -0.503 e. The molecule has 1 atom stereocenters. The monoisotopic (exact) mass is 410 g/mol. The van der Waals surface area contributed by atoms with E-state index in [9.17, 15) is 14.7 Å². The fraction of sp³-hybridized carbons (Fsp3) is 0.435. The van der Waals surface area contributed by atoms with Crippen LogP contribution in [0.2, 0.25) is 0 Å². The third-order valence-electron chi connectivity index (χ3n) is 6.02. The predicted octanol–water partition coefficient (Wildman–Crippen LogP) is 4.84. The molecule has 1 unspecified atom stereocenters. The van der Waals surface area contributed by atoms with Crippen LogP contribution >= 0.6 is 11.3 Å². The number of carbonyl (C=O) groups is 2. The van der Waals surface area contributed by atoms with E-state index < -0.39 is 17.7 Å². The third-order valence-corrected chi connectivity index (χ3v) is 7.09. The number of ketones is 1. The van der Waals surface area contributed by atoms with Crippen LogP contribution in [0.3, 0.4) is 0 Å². The van der Waals surface area contributed by atoms with Gasteiger partial charge in [-0.05, 0) is 44.2 Å². The zero-order valence-corrected chi connectivity index (χ0v) is 17.9. The first-order chi connectivity index (χ1) is 13.9. The van der Waals surface area contributed by atoms with E-state index in [2.05, 4.69) is 11.9 Å². The van der Waals surface area contributed by atoms with Crippen LogP contribution in [0.15, 0.2) is 35.6 Å². The molecule has 1 aliphatic carbocycles. The quantitative estimate of drug-likeness (QED) is 0.716. The average molecular weight is 411 g/mol. The second-order valence-corrected chi connectivity index (χ2v) is 9.09. The van der Waals surface area contributed by atoms with Crippen molar-refractivity contribution in [2.45, 2.75) is 65.0 Å². The van der Waals surface area contributed by atoms with Gasteiger partial charge in [-0.15, -0.1) is 11.3 Å².